The molecule has 0 spiro atoms. The molecule has 1 aliphatic rings. The average Bonchev–Trinajstić information content (AvgIpc) is 2.94. The molecule has 0 aliphatic carbocycles. The van der Waals surface area contributed by atoms with Crippen molar-refractivity contribution in [1.82, 2.24) is 4.68 Å². The predicted octanol–water partition coefficient (Wildman–Crippen LogP) is 3.57. The van der Waals surface area contributed by atoms with Crippen molar-refractivity contribution in [3.63, 3.8) is 0 Å². The van der Waals surface area contributed by atoms with Crippen LogP contribution in [-0.4, -0.2) is 4.68 Å². The fourth-order valence-electron chi connectivity index (χ4n) is 3.75. The SMILES string of the molecule is CCC1(C)c2ccccc2-n2ccc[n+]2C1(C)CC. The molecule has 1 aliphatic heterocycles. The van der Waals surface area contributed by atoms with Gasteiger partial charge in [-0.1, -0.05) is 32.0 Å². The van der Waals surface area contributed by atoms with Crippen LogP contribution in [-0.2, 0) is 11.0 Å². The van der Waals surface area contributed by atoms with E-state index in [1.165, 1.54) is 11.3 Å². The minimum atomic E-state index is 0.111. The van der Waals surface area contributed by atoms with Gasteiger partial charge in [0.2, 0.25) is 0 Å². The normalized spacial score (nSPS) is 28.8. The Balaban J connectivity index is 2.40. The molecule has 0 N–H and O–H groups in total. The maximum Gasteiger partial charge on any atom is 0.198 e. The molecule has 0 radical (unpaired) electrons. The van der Waals surface area contributed by atoms with Crippen LogP contribution in [0.25, 0.3) is 5.69 Å². The maximum absolute atomic E-state index is 2.42. The fourth-order valence-corrected chi connectivity index (χ4v) is 3.75. The highest BCUT2D eigenvalue weighted by molar-refractivity contribution is 5.46. The van der Waals surface area contributed by atoms with Gasteiger partial charge in [-0.25, -0.2) is 0 Å². The van der Waals surface area contributed by atoms with Gasteiger partial charge in [-0.05, 0) is 25.0 Å². The first-order valence-corrected chi connectivity index (χ1v) is 7.28. The van der Waals surface area contributed by atoms with Crippen molar-refractivity contribution < 1.29 is 4.68 Å². The maximum atomic E-state index is 2.42. The van der Waals surface area contributed by atoms with Gasteiger partial charge in [-0.2, -0.15) is 0 Å². The zero-order valence-corrected chi connectivity index (χ0v) is 12.4. The second-order valence-electron chi connectivity index (χ2n) is 6.01. The van der Waals surface area contributed by atoms with Crippen LogP contribution in [0, 0.1) is 0 Å². The van der Waals surface area contributed by atoms with E-state index in [2.05, 4.69) is 79.8 Å². The summed E-state index contributed by atoms with van der Waals surface area (Å²) in [4.78, 5) is 0. The number of rotatable bonds is 2. The van der Waals surface area contributed by atoms with Crippen LogP contribution in [0.4, 0.5) is 0 Å². The topological polar surface area (TPSA) is 8.81 Å². The molecule has 1 aromatic carbocycles. The van der Waals surface area contributed by atoms with E-state index in [1.807, 2.05) is 0 Å². The van der Waals surface area contributed by atoms with Gasteiger partial charge in [0, 0.05) is 19.4 Å². The van der Waals surface area contributed by atoms with E-state index in [9.17, 15) is 0 Å². The van der Waals surface area contributed by atoms with Crippen LogP contribution in [0.2, 0.25) is 0 Å². The van der Waals surface area contributed by atoms with Gasteiger partial charge < -0.3 is 0 Å². The van der Waals surface area contributed by atoms with Crippen molar-refractivity contribution in [3.8, 4) is 5.69 Å². The van der Waals surface area contributed by atoms with E-state index < -0.39 is 0 Å². The molecule has 2 aromatic rings. The van der Waals surface area contributed by atoms with E-state index in [-0.39, 0.29) is 11.0 Å². The Hall–Kier alpha value is -1.57. The number of fused-ring (bicyclic) bond motifs is 3. The molecule has 2 unspecified atom stereocenters. The third-order valence-corrected chi connectivity index (χ3v) is 5.52. The Morgan fingerprint density at radius 2 is 1.79 bits per heavy atom. The van der Waals surface area contributed by atoms with Gasteiger partial charge in [0.25, 0.3) is 0 Å². The number of benzene rings is 1. The van der Waals surface area contributed by atoms with E-state index in [1.54, 1.807) is 0 Å². The highest BCUT2D eigenvalue weighted by Gasteiger charge is 2.56. The molecule has 2 atom stereocenters. The van der Waals surface area contributed by atoms with Crippen LogP contribution >= 0.6 is 0 Å². The van der Waals surface area contributed by atoms with E-state index in [4.69, 9.17) is 0 Å². The lowest BCUT2D eigenvalue weighted by Gasteiger charge is -2.44. The fraction of sp³-hybridized carbons (Fsp3) is 0.471. The molecular weight excluding hydrogens is 232 g/mol. The second kappa shape index (κ2) is 3.96. The van der Waals surface area contributed by atoms with Crippen LogP contribution in [0.3, 0.4) is 0 Å². The molecule has 2 nitrogen and oxygen atoms in total. The highest BCUT2D eigenvalue weighted by Crippen LogP contribution is 2.46. The summed E-state index contributed by atoms with van der Waals surface area (Å²) in [7, 11) is 0. The Labute approximate surface area is 115 Å². The smallest absolute Gasteiger partial charge is 0.128 e. The van der Waals surface area contributed by atoms with Crippen molar-refractivity contribution in [3.05, 3.63) is 48.3 Å². The first-order valence-electron chi connectivity index (χ1n) is 7.28. The molecule has 100 valence electrons. The Morgan fingerprint density at radius 3 is 2.47 bits per heavy atom. The molecule has 19 heavy (non-hydrogen) atoms. The number of hydrogen-bond donors (Lipinski definition) is 0. The standard InChI is InChI=1S/C17H23N2/c1-5-16(3)14-10-7-8-11-15(14)18-12-9-13-19(18)17(16,4)6-2/h7-13H,5-6H2,1-4H3/q+1. The number of aromatic nitrogens is 2. The number of hydrogen-bond acceptors (Lipinski definition) is 0. The van der Waals surface area contributed by atoms with Crippen molar-refractivity contribution in [1.29, 1.82) is 0 Å². The average molecular weight is 255 g/mol. The van der Waals surface area contributed by atoms with Crippen molar-refractivity contribution in [2.45, 2.75) is 51.5 Å². The van der Waals surface area contributed by atoms with Gasteiger partial charge in [0.05, 0.1) is 11.6 Å². The predicted molar refractivity (Wildman–Crippen MR) is 77.5 cm³/mol. The van der Waals surface area contributed by atoms with Gasteiger partial charge in [0.1, 0.15) is 5.69 Å². The van der Waals surface area contributed by atoms with E-state index in [0.29, 0.717) is 0 Å². The lowest BCUT2D eigenvalue weighted by molar-refractivity contribution is -0.836. The van der Waals surface area contributed by atoms with Crippen LogP contribution in [0.1, 0.15) is 46.1 Å². The van der Waals surface area contributed by atoms with Gasteiger partial charge in [-0.3, -0.25) is 0 Å². The third-order valence-electron chi connectivity index (χ3n) is 5.52. The molecule has 0 bridgehead atoms. The summed E-state index contributed by atoms with van der Waals surface area (Å²) in [5.74, 6) is 0. The van der Waals surface area contributed by atoms with E-state index in [0.717, 1.165) is 12.8 Å². The summed E-state index contributed by atoms with van der Waals surface area (Å²) in [6.07, 6.45) is 6.65. The Morgan fingerprint density at radius 1 is 1.05 bits per heavy atom. The summed E-state index contributed by atoms with van der Waals surface area (Å²) in [5, 5.41) is 0. The third kappa shape index (κ3) is 1.35. The Kier molecular flexibility index (Phi) is 2.60. The summed E-state index contributed by atoms with van der Waals surface area (Å²) >= 11 is 0. The molecule has 0 saturated heterocycles. The molecule has 1 aromatic heterocycles. The monoisotopic (exact) mass is 255 g/mol. The van der Waals surface area contributed by atoms with Gasteiger partial charge in [0.15, 0.2) is 11.7 Å². The zero-order chi connectivity index (χ0) is 13.7. The van der Waals surface area contributed by atoms with Crippen molar-refractivity contribution in [2.75, 3.05) is 0 Å². The minimum absolute atomic E-state index is 0.111. The van der Waals surface area contributed by atoms with Crippen molar-refractivity contribution in [2.24, 2.45) is 0 Å². The van der Waals surface area contributed by atoms with Gasteiger partial charge in [-0.15, -0.1) is 9.36 Å². The molecule has 3 rings (SSSR count). The molecule has 2 heteroatoms. The first-order chi connectivity index (χ1) is 9.08. The molecular formula is C17H23N2+. The molecule has 0 saturated carbocycles. The summed E-state index contributed by atoms with van der Waals surface area (Å²) < 4.78 is 4.72. The van der Waals surface area contributed by atoms with Crippen LogP contribution < -0.4 is 4.68 Å². The van der Waals surface area contributed by atoms with Gasteiger partial charge >= 0.3 is 0 Å². The van der Waals surface area contributed by atoms with Crippen molar-refractivity contribution >= 4 is 0 Å². The molecule has 0 fully saturated rings. The molecule has 0 amide bonds. The number of para-hydroxylation sites is 1. The highest BCUT2D eigenvalue weighted by atomic mass is 15.4. The minimum Gasteiger partial charge on any atom is -0.128 e. The largest absolute Gasteiger partial charge is 0.198 e. The lowest BCUT2D eigenvalue weighted by atomic mass is 9.63. The van der Waals surface area contributed by atoms with Crippen LogP contribution in [0.15, 0.2) is 42.7 Å². The lowest BCUT2D eigenvalue weighted by Crippen LogP contribution is -2.70. The first kappa shape index (κ1) is 12.5. The molecule has 2 heterocycles. The zero-order valence-electron chi connectivity index (χ0n) is 12.4. The summed E-state index contributed by atoms with van der Waals surface area (Å²) in [6, 6.07) is 11.0. The quantitative estimate of drug-likeness (QED) is 0.725. The second-order valence-corrected chi connectivity index (χ2v) is 6.01. The summed E-state index contributed by atoms with van der Waals surface area (Å²) in [6.45, 7) is 9.41. The van der Waals surface area contributed by atoms with E-state index >= 15 is 0 Å². The number of nitrogens with zero attached hydrogens (tertiary/aromatic N) is 2. The Bertz CT molecular complexity index is 613. The van der Waals surface area contributed by atoms with Crippen LogP contribution in [0.5, 0.6) is 0 Å². The summed E-state index contributed by atoms with van der Waals surface area (Å²) in [5.41, 5.74) is 3.07.